The Bertz CT molecular complexity index is 644. The van der Waals surface area contributed by atoms with Crippen LogP contribution < -0.4 is 10.1 Å². The summed E-state index contributed by atoms with van der Waals surface area (Å²) in [4.78, 5) is 12.4. The van der Waals surface area contributed by atoms with Gasteiger partial charge in [-0.15, -0.1) is 0 Å². The molecule has 0 aliphatic carbocycles. The molecule has 0 atom stereocenters. The SMILES string of the molecule is CCn1c(C)cc(C(=O)NCc2ccccc2OC)c1C. The number of hydrogen-bond acceptors (Lipinski definition) is 2. The lowest BCUT2D eigenvalue weighted by Crippen LogP contribution is -2.23. The van der Waals surface area contributed by atoms with Crippen LogP contribution in [0.5, 0.6) is 5.75 Å². The van der Waals surface area contributed by atoms with Crippen LogP contribution in [-0.4, -0.2) is 17.6 Å². The highest BCUT2D eigenvalue weighted by molar-refractivity contribution is 5.95. The third kappa shape index (κ3) is 3.10. The molecule has 0 fully saturated rings. The van der Waals surface area contributed by atoms with Crippen LogP contribution in [0.15, 0.2) is 30.3 Å². The summed E-state index contributed by atoms with van der Waals surface area (Å²) in [6.45, 7) is 7.41. The fourth-order valence-electron chi connectivity index (χ4n) is 2.64. The first-order valence-corrected chi connectivity index (χ1v) is 7.15. The highest BCUT2D eigenvalue weighted by Gasteiger charge is 2.15. The van der Waals surface area contributed by atoms with E-state index in [1.807, 2.05) is 44.2 Å². The molecule has 0 saturated carbocycles. The van der Waals surface area contributed by atoms with Crippen molar-refractivity contribution in [3.63, 3.8) is 0 Å². The van der Waals surface area contributed by atoms with Crippen molar-refractivity contribution in [1.29, 1.82) is 0 Å². The molecule has 112 valence electrons. The molecule has 0 bridgehead atoms. The van der Waals surface area contributed by atoms with Gasteiger partial charge in [-0.25, -0.2) is 0 Å². The van der Waals surface area contributed by atoms with E-state index in [1.54, 1.807) is 7.11 Å². The van der Waals surface area contributed by atoms with Crippen LogP contribution in [0, 0.1) is 13.8 Å². The Morgan fingerprint density at radius 1 is 1.29 bits per heavy atom. The average molecular weight is 286 g/mol. The van der Waals surface area contributed by atoms with Crippen molar-refractivity contribution in [2.75, 3.05) is 7.11 Å². The molecule has 1 aromatic carbocycles. The van der Waals surface area contributed by atoms with Gasteiger partial charge >= 0.3 is 0 Å². The second kappa shape index (κ2) is 6.48. The number of ether oxygens (including phenoxy) is 1. The van der Waals surface area contributed by atoms with Crippen LogP contribution in [0.3, 0.4) is 0 Å². The molecule has 0 spiro atoms. The molecule has 0 aliphatic rings. The predicted octanol–water partition coefficient (Wildman–Crippen LogP) is 3.06. The molecule has 21 heavy (non-hydrogen) atoms. The summed E-state index contributed by atoms with van der Waals surface area (Å²) >= 11 is 0. The number of para-hydroxylation sites is 1. The molecule has 2 rings (SSSR count). The topological polar surface area (TPSA) is 43.3 Å². The lowest BCUT2D eigenvalue weighted by molar-refractivity contribution is 0.0950. The zero-order valence-corrected chi connectivity index (χ0v) is 13.1. The lowest BCUT2D eigenvalue weighted by Gasteiger charge is -2.10. The van der Waals surface area contributed by atoms with Gasteiger partial charge in [0, 0.05) is 30.0 Å². The highest BCUT2D eigenvalue weighted by atomic mass is 16.5. The summed E-state index contributed by atoms with van der Waals surface area (Å²) in [5.41, 5.74) is 3.83. The molecule has 0 radical (unpaired) electrons. The molecule has 1 N–H and O–H groups in total. The third-order valence-corrected chi connectivity index (χ3v) is 3.77. The summed E-state index contributed by atoms with van der Waals surface area (Å²) in [6, 6.07) is 9.64. The van der Waals surface area contributed by atoms with Crippen molar-refractivity contribution in [2.24, 2.45) is 0 Å². The molecule has 0 unspecified atom stereocenters. The largest absolute Gasteiger partial charge is 0.496 e. The maximum Gasteiger partial charge on any atom is 0.253 e. The zero-order valence-electron chi connectivity index (χ0n) is 13.1. The van der Waals surface area contributed by atoms with E-state index in [4.69, 9.17) is 4.74 Å². The number of nitrogens with one attached hydrogen (secondary N) is 1. The van der Waals surface area contributed by atoms with E-state index in [9.17, 15) is 4.79 Å². The van der Waals surface area contributed by atoms with Gasteiger partial charge in [-0.05, 0) is 32.9 Å². The zero-order chi connectivity index (χ0) is 15.4. The van der Waals surface area contributed by atoms with Gasteiger partial charge in [-0.2, -0.15) is 0 Å². The quantitative estimate of drug-likeness (QED) is 0.918. The second-order valence-corrected chi connectivity index (χ2v) is 5.02. The molecule has 1 heterocycles. The first-order valence-electron chi connectivity index (χ1n) is 7.15. The molecule has 1 aromatic heterocycles. The fourth-order valence-corrected chi connectivity index (χ4v) is 2.64. The first-order chi connectivity index (χ1) is 10.1. The maximum atomic E-state index is 12.4. The normalized spacial score (nSPS) is 10.5. The van der Waals surface area contributed by atoms with Crippen molar-refractivity contribution in [3.05, 3.63) is 52.8 Å². The molecule has 4 heteroatoms. The van der Waals surface area contributed by atoms with E-state index >= 15 is 0 Å². The van der Waals surface area contributed by atoms with Gasteiger partial charge in [0.1, 0.15) is 5.75 Å². The number of benzene rings is 1. The van der Waals surface area contributed by atoms with Crippen molar-refractivity contribution in [1.82, 2.24) is 9.88 Å². The van der Waals surface area contributed by atoms with E-state index in [2.05, 4.69) is 16.8 Å². The number of carbonyl (C=O) groups excluding carboxylic acids is 1. The Balaban J connectivity index is 2.12. The van der Waals surface area contributed by atoms with Gasteiger partial charge in [0.05, 0.1) is 12.7 Å². The molecule has 4 nitrogen and oxygen atoms in total. The van der Waals surface area contributed by atoms with Crippen LogP contribution in [-0.2, 0) is 13.1 Å². The van der Waals surface area contributed by atoms with Crippen molar-refractivity contribution in [2.45, 2.75) is 33.9 Å². The Labute approximate surface area is 125 Å². The van der Waals surface area contributed by atoms with Gasteiger partial charge in [0.25, 0.3) is 5.91 Å². The van der Waals surface area contributed by atoms with Gasteiger partial charge < -0.3 is 14.6 Å². The minimum Gasteiger partial charge on any atom is -0.496 e. The summed E-state index contributed by atoms with van der Waals surface area (Å²) < 4.78 is 7.43. The highest BCUT2D eigenvalue weighted by Crippen LogP contribution is 2.18. The Kier molecular flexibility index (Phi) is 4.68. The van der Waals surface area contributed by atoms with Crippen LogP contribution in [0.4, 0.5) is 0 Å². The molecular formula is C17H22N2O2. The van der Waals surface area contributed by atoms with Gasteiger partial charge in [0.15, 0.2) is 0 Å². The Morgan fingerprint density at radius 3 is 2.62 bits per heavy atom. The van der Waals surface area contributed by atoms with E-state index in [0.717, 1.165) is 34.8 Å². The first kappa shape index (κ1) is 15.2. The van der Waals surface area contributed by atoms with Crippen molar-refractivity contribution < 1.29 is 9.53 Å². The van der Waals surface area contributed by atoms with Crippen molar-refractivity contribution in [3.8, 4) is 5.75 Å². The van der Waals surface area contributed by atoms with Crippen LogP contribution in [0.1, 0.15) is 34.2 Å². The third-order valence-electron chi connectivity index (χ3n) is 3.77. The molecule has 0 saturated heterocycles. The number of rotatable bonds is 5. The lowest BCUT2D eigenvalue weighted by atomic mass is 10.2. The summed E-state index contributed by atoms with van der Waals surface area (Å²) in [6.07, 6.45) is 0. The number of hydrogen-bond donors (Lipinski definition) is 1. The average Bonchev–Trinajstić information content (AvgIpc) is 2.79. The Morgan fingerprint density at radius 2 is 2.00 bits per heavy atom. The van der Waals surface area contributed by atoms with Crippen molar-refractivity contribution >= 4 is 5.91 Å². The number of carbonyl (C=O) groups is 1. The summed E-state index contributed by atoms with van der Waals surface area (Å²) in [5, 5.41) is 2.96. The molecular weight excluding hydrogens is 264 g/mol. The van der Waals surface area contributed by atoms with E-state index in [0.29, 0.717) is 6.54 Å². The van der Waals surface area contributed by atoms with E-state index < -0.39 is 0 Å². The Hall–Kier alpha value is -2.23. The van der Waals surface area contributed by atoms with E-state index in [1.165, 1.54) is 0 Å². The molecule has 1 amide bonds. The monoisotopic (exact) mass is 286 g/mol. The fraction of sp³-hybridized carbons (Fsp3) is 0.353. The van der Waals surface area contributed by atoms with Gasteiger partial charge in [-0.3, -0.25) is 4.79 Å². The smallest absolute Gasteiger partial charge is 0.253 e. The number of methoxy groups -OCH3 is 1. The van der Waals surface area contributed by atoms with Crippen LogP contribution >= 0.6 is 0 Å². The minimum absolute atomic E-state index is 0.0475. The molecule has 0 aliphatic heterocycles. The number of nitrogens with zero attached hydrogens (tertiary/aromatic N) is 1. The summed E-state index contributed by atoms with van der Waals surface area (Å²) in [5.74, 6) is 0.741. The van der Waals surface area contributed by atoms with E-state index in [-0.39, 0.29) is 5.91 Å². The van der Waals surface area contributed by atoms with Gasteiger partial charge in [-0.1, -0.05) is 18.2 Å². The number of aryl methyl sites for hydroxylation is 1. The number of amides is 1. The van der Waals surface area contributed by atoms with Crippen LogP contribution in [0.25, 0.3) is 0 Å². The maximum absolute atomic E-state index is 12.4. The second-order valence-electron chi connectivity index (χ2n) is 5.02. The number of aromatic nitrogens is 1. The predicted molar refractivity (Wildman–Crippen MR) is 83.7 cm³/mol. The summed E-state index contributed by atoms with van der Waals surface area (Å²) in [7, 11) is 1.63. The van der Waals surface area contributed by atoms with Crippen LogP contribution in [0.2, 0.25) is 0 Å². The standard InChI is InChI=1S/C17H22N2O2/c1-5-19-12(2)10-15(13(19)3)17(20)18-11-14-8-6-7-9-16(14)21-4/h6-10H,5,11H2,1-4H3,(H,18,20). The van der Waals surface area contributed by atoms with Gasteiger partial charge in [0.2, 0.25) is 0 Å². The molecule has 2 aromatic rings. The minimum atomic E-state index is -0.0475.